The average molecular weight is 267 g/mol. The molecule has 0 aliphatic heterocycles. The molecule has 0 aliphatic rings. The summed E-state index contributed by atoms with van der Waals surface area (Å²) in [4.78, 5) is 14.7. The summed E-state index contributed by atoms with van der Waals surface area (Å²) in [5.74, 6) is -1.10. The van der Waals surface area contributed by atoms with Gasteiger partial charge in [0.1, 0.15) is 5.82 Å². The van der Waals surface area contributed by atoms with Gasteiger partial charge in [0.15, 0.2) is 0 Å². The van der Waals surface area contributed by atoms with E-state index in [1.165, 1.54) is 18.2 Å². The smallest absolute Gasteiger partial charge is 0.255 e. The number of hydrogen-bond acceptors (Lipinski definition) is 1. The first kappa shape index (κ1) is 12.6. The molecular weight excluding hydrogens is 255 g/mol. The summed E-state index contributed by atoms with van der Waals surface area (Å²) >= 11 is 5.80. The van der Waals surface area contributed by atoms with E-state index in [4.69, 9.17) is 11.6 Å². The molecule has 18 heavy (non-hydrogen) atoms. The second-order valence-corrected chi connectivity index (χ2v) is 4.23. The van der Waals surface area contributed by atoms with Gasteiger partial charge in [-0.15, -0.1) is 0 Å². The highest BCUT2D eigenvalue weighted by Gasteiger charge is 2.14. The topological polar surface area (TPSA) is 44.9 Å². The third-order valence-corrected chi connectivity index (χ3v) is 2.87. The van der Waals surface area contributed by atoms with Crippen LogP contribution >= 0.6 is 11.6 Å². The zero-order chi connectivity index (χ0) is 13.0. The highest BCUT2D eigenvalue weighted by atomic mass is 35.5. The largest absolute Gasteiger partial charge is 0.367 e. The quantitative estimate of drug-likeness (QED) is 0.878. The van der Waals surface area contributed by atoms with Gasteiger partial charge >= 0.3 is 0 Å². The van der Waals surface area contributed by atoms with Crippen molar-refractivity contribution in [2.75, 3.05) is 6.54 Å². The number of aromatic nitrogens is 1. The van der Waals surface area contributed by atoms with Gasteiger partial charge in [0.05, 0.1) is 10.6 Å². The van der Waals surface area contributed by atoms with E-state index in [2.05, 4.69) is 10.3 Å². The van der Waals surface area contributed by atoms with Gasteiger partial charge in [0.2, 0.25) is 0 Å². The maximum absolute atomic E-state index is 13.5. The Morgan fingerprint density at radius 3 is 2.89 bits per heavy atom. The van der Waals surface area contributed by atoms with Gasteiger partial charge in [-0.3, -0.25) is 4.79 Å². The maximum Gasteiger partial charge on any atom is 0.255 e. The van der Waals surface area contributed by atoms with Crippen molar-refractivity contribution in [3.63, 3.8) is 0 Å². The van der Waals surface area contributed by atoms with Crippen LogP contribution in [0.3, 0.4) is 0 Å². The second kappa shape index (κ2) is 5.69. The van der Waals surface area contributed by atoms with Crippen molar-refractivity contribution < 1.29 is 9.18 Å². The van der Waals surface area contributed by atoms with E-state index in [0.29, 0.717) is 13.0 Å². The maximum atomic E-state index is 13.5. The van der Waals surface area contributed by atoms with Gasteiger partial charge in [-0.05, 0) is 30.2 Å². The van der Waals surface area contributed by atoms with Crippen molar-refractivity contribution in [1.82, 2.24) is 10.3 Å². The summed E-state index contributed by atoms with van der Waals surface area (Å²) in [6.45, 7) is 0.432. The van der Waals surface area contributed by atoms with Crippen LogP contribution in [-0.4, -0.2) is 17.4 Å². The molecule has 1 aromatic heterocycles. The molecule has 0 radical (unpaired) electrons. The predicted molar refractivity (Wildman–Crippen MR) is 68.2 cm³/mol. The molecule has 0 unspecified atom stereocenters. The van der Waals surface area contributed by atoms with Gasteiger partial charge in [-0.25, -0.2) is 4.39 Å². The molecule has 0 aliphatic carbocycles. The molecule has 94 valence electrons. The minimum Gasteiger partial charge on any atom is -0.367 e. The predicted octanol–water partition coefficient (Wildman–Crippen LogP) is 2.78. The molecule has 2 N–H and O–H groups in total. The van der Waals surface area contributed by atoms with E-state index < -0.39 is 11.7 Å². The third kappa shape index (κ3) is 2.90. The number of carbonyl (C=O) groups excluding carboxylic acids is 1. The molecule has 2 rings (SSSR count). The molecule has 1 heterocycles. The molecule has 3 nitrogen and oxygen atoms in total. The fraction of sp³-hybridized carbons (Fsp3) is 0.154. The lowest BCUT2D eigenvalue weighted by Crippen LogP contribution is -2.26. The van der Waals surface area contributed by atoms with Gasteiger partial charge in [-0.2, -0.15) is 0 Å². The zero-order valence-corrected chi connectivity index (χ0v) is 10.3. The monoisotopic (exact) mass is 266 g/mol. The van der Waals surface area contributed by atoms with E-state index in [1.807, 2.05) is 18.5 Å². The number of carbonyl (C=O) groups is 1. The van der Waals surface area contributed by atoms with Crippen LogP contribution in [0, 0.1) is 5.82 Å². The molecule has 0 bridgehead atoms. The summed E-state index contributed by atoms with van der Waals surface area (Å²) in [6, 6.07) is 6.09. The number of aromatic amines is 1. The van der Waals surface area contributed by atoms with Crippen molar-refractivity contribution in [3.05, 3.63) is 58.6 Å². The summed E-state index contributed by atoms with van der Waals surface area (Å²) in [6.07, 6.45) is 4.34. The summed E-state index contributed by atoms with van der Waals surface area (Å²) < 4.78 is 13.5. The summed E-state index contributed by atoms with van der Waals surface area (Å²) in [7, 11) is 0. The Labute approximate surface area is 109 Å². The van der Waals surface area contributed by atoms with Crippen LogP contribution < -0.4 is 5.32 Å². The summed E-state index contributed by atoms with van der Waals surface area (Å²) in [5, 5.41) is 2.76. The van der Waals surface area contributed by atoms with E-state index in [-0.39, 0.29) is 10.6 Å². The fourth-order valence-electron chi connectivity index (χ4n) is 1.64. The van der Waals surface area contributed by atoms with E-state index in [0.717, 1.165) is 5.56 Å². The summed E-state index contributed by atoms with van der Waals surface area (Å²) in [5.41, 5.74) is 0.975. The van der Waals surface area contributed by atoms with Crippen molar-refractivity contribution in [3.8, 4) is 0 Å². The van der Waals surface area contributed by atoms with Crippen molar-refractivity contribution in [2.45, 2.75) is 6.42 Å². The lowest BCUT2D eigenvalue weighted by molar-refractivity contribution is 0.0950. The third-order valence-electron chi connectivity index (χ3n) is 2.55. The van der Waals surface area contributed by atoms with E-state index >= 15 is 0 Å². The lowest BCUT2D eigenvalue weighted by Gasteiger charge is -2.07. The normalized spacial score (nSPS) is 10.3. The van der Waals surface area contributed by atoms with Crippen LogP contribution in [0.1, 0.15) is 15.9 Å². The van der Waals surface area contributed by atoms with Crippen molar-refractivity contribution >= 4 is 17.5 Å². The Bertz CT molecular complexity index is 520. The highest BCUT2D eigenvalue weighted by molar-refractivity contribution is 6.33. The lowest BCUT2D eigenvalue weighted by atomic mass is 10.2. The highest BCUT2D eigenvalue weighted by Crippen LogP contribution is 2.18. The molecule has 0 atom stereocenters. The van der Waals surface area contributed by atoms with Crippen LogP contribution in [0.4, 0.5) is 4.39 Å². The first-order valence-corrected chi connectivity index (χ1v) is 5.90. The van der Waals surface area contributed by atoms with Crippen LogP contribution in [-0.2, 0) is 6.42 Å². The SMILES string of the molecule is O=C(NCCc1cc[nH]c1)c1c(F)cccc1Cl. The molecule has 1 amide bonds. The van der Waals surface area contributed by atoms with Crippen LogP contribution in [0.25, 0.3) is 0 Å². The molecule has 5 heteroatoms. The average Bonchev–Trinajstić information content (AvgIpc) is 2.82. The van der Waals surface area contributed by atoms with Gasteiger partial charge in [-0.1, -0.05) is 17.7 Å². The molecule has 0 spiro atoms. The number of H-pyrrole nitrogens is 1. The standard InChI is InChI=1S/C13H12ClFN2O/c14-10-2-1-3-11(15)12(10)13(18)17-7-5-9-4-6-16-8-9/h1-4,6,8,16H,5,7H2,(H,17,18). The van der Waals surface area contributed by atoms with Gasteiger partial charge in [0.25, 0.3) is 5.91 Å². The van der Waals surface area contributed by atoms with Gasteiger partial charge < -0.3 is 10.3 Å². The van der Waals surface area contributed by atoms with Crippen molar-refractivity contribution in [1.29, 1.82) is 0 Å². The number of benzene rings is 1. The van der Waals surface area contributed by atoms with Gasteiger partial charge in [0, 0.05) is 18.9 Å². The van der Waals surface area contributed by atoms with E-state index in [9.17, 15) is 9.18 Å². The minimum atomic E-state index is -0.610. The minimum absolute atomic E-state index is 0.103. The molecule has 0 saturated carbocycles. The first-order chi connectivity index (χ1) is 8.68. The van der Waals surface area contributed by atoms with Crippen LogP contribution in [0.5, 0.6) is 0 Å². The molecule has 2 aromatic rings. The Kier molecular flexibility index (Phi) is 3.99. The number of rotatable bonds is 4. The Morgan fingerprint density at radius 2 is 2.22 bits per heavy atom. The molecular formula is C13H12ClFN2O. The number of hydrogen-bond donors (Lipinski definition) is 2. The number of amides is 1. The second-order valence-electron chi connectivity index (χ2n) is 3.82. The number of nitrogens with one attached hydrogen (secondary N) is 2. The molecule has 0 saturated heterocycles. The Hall–Kier alpha value is -1.81. The number of halogens is 2. The first-order valence-electron chi connectivity index (χ1n) is 5.52. The van der Waals surface area contributed by atoms with Crippen molar-refractivity contribution in [2.24, 2.45) is 0 Å². The Balaban J connectivity index is 1.96. The molecule has 0 fully saturated rings. The van der Waals surface area contributed by atoms with Crippen LogP contribution in [0.2, 0.25) is 5.02 Å². The van der Waals surface area contributed by atoms with E-state index in [1.54, 1.807) is 0 Å². The zero-order valence-electron chi connectivity index (χ0n) is 9.54. The van der Waals surface area contributed by atoms with Crippen LogP contribution in [0.15, 0.2) is 36.7 Å². The fourth-order valence-corrected chi connectivity index (χ4v) is 1.89. The Morgan fingerprint density at radius 1 is 1.39 bits per heavy atom. The molecule has 1 aromatic carbocycles.